The number of benzene rings is 1. The molecule has 1 saturated carbocycles. The van der Waals surface area contributed by atoms with Gasteiger partial charge in [0, 0.05) is 6.04 Å². The highest BCUT2D eigenvalue weighted by Crippen LogP contribution is 2.33. The second-order valence-electron chi connectivity index (χ2n) is 7.32. The van der Waals surface area contributed by atoms with E-state index in [-0.39, 0.29) is 53.4 Å². The van der Waals surface area contributed by atoms with E-state index in [1.807, 2.05) is 37.3 Å². The summed E-state index contributed by atoms with van der Waals surface area (Å²) in [5, 5.41) is 6.29. The highest BCUT2D eigenvalue weighted by molar-refractivity contribution is 7.80. The Hall–Kier alpha value is -2.48. The summed E-state index contributed by atoms with van der Waals surface area (Å²) in [6.07, 6.45) is 1.67. The fraction of sp³-hybridized carbons (Fsp3) is 0.500. The molecule has 0 bridgehead atoms. The molecule has 1 aliphatic heterocycles. The number of nitrogens with zero attached hydrogens (tertiary/aromatic N) is 1. The maximum Gasteiger partial charge on any atom is 0.308 e. The number of amides is 2. The van der Waals surface area contributed by atoms with Crippen molar-refractivity contribution >= 4 is 35.1 Å². The van der Waals surface area contributed by atoms with Gasteiger partial charge in [-0.1, -0.05) is 30.3 Å². The number of carbonyl (C=O) groups excluding carboxylic acids is 3. The van der Waals surface area contributed by atoms with Crippen LogP contribution in [-0.2, 0) is 19.1 Å². The molecule has 0 spiro atoms. The highest BCUT2D eigenvalue weighted by Gasteiger charge is 2.44. The van der Waals surface area contributed by atoms with E-state index in [2.05, 4.69) is 10.6 Å². The molecule has 0 aromatic heterocycles. The van der Waals surface area contributed by atoms with Crippen molar-refractivity contribution in [2.24, 2.45) is 11.8 Å². The summed E-state index contributed by atoms with van der Waals surface area (Å²) in [5.41, 5.74) is 0.989. The lowest BCUT2D eigenvalue weighted by atomic mass is 9.76. The first kappa shape index (κ1) is 20.3. The van der Waals surface area contributed by atoms with E-state index >= 15 is 0 Å². The largest absolute Gasteiger partial charge is 0.469 e. The number of rotatable bonds is 5. The van der Waals surface area contributed by atoms with E-state index in [1.54, 1.807) is 0 Å². The van der Waals surface area contributed by atoms with Crippen molar-refractivity contribution < 1.29 is 19.1 Å². The average Bonchev–Trinajstić information content (AvgIpc) is 2.70. The minimum atomic E-state index is -0.285. The van der Waals surface area contributed by atoms with Crippen LogP contribution in [0, 0.1) is 11.8 Å². The molecule has 1 saturated heterocycles. The summed E-state index contributed by atoms with van der Waals surface area (Å²) < 4.78 is 4.82. The molecule has 150 valence electrons. The number of fused-ring (bicyclic) bond motifs is 1. The number of carbonyl (C=O) groups is 3. The van der Waals surface area contributed by atoms with Gasteiger partial charge < -0.3 is 15.4 Å². The average molecular weight is 404 g/mol. The Morgan fingerprint density at radius 3 is 2.71 bits per heavy atom. The first-order valence-corrected chi connectivity index (χ1v) is 9.85. The lowest BCUT2D eigenvalue weighted by Gasteiger charge is -2.43. The lowest BCUT2D eigenvalue weighted by molar-refractivity contribution is -0.149. The summed E-state index contributed by atoms with van der Waals surface area (Å²) in [6.45, 7) is 1.78. The Bertz CT molecular complexity index is 770. The number of ether oxygens (including phenoxy) is 1. The summed E-state index contributed by atoms with van der Waals surface area (Å²) >= 11 is 5.33. The molecule has 2 amide bonds. The number of methoxy groups -OCH3 is 1. The molecule has 3 rings (SSSR count). The van der Waals surface area contributed by atoms with E-state index in [0.29, 0.717) is 19.3 Å². The van der Waals surface area contributed by atoms with Gasteiger partial charge in [0.2, 0.25) is 11.8 Å². The van der Waals surface area contributed by atoms with Crippen molar-refractivity contribution in [1.82, 2.24) is 15.5 Å². The predicted molar refractivity (Wildman–Crippen MR) is 107 cm³/mol. The van der Waals surface area contributed by atoms with Gasteiger partial charge in [0.05, 0.1) is 25.0 Å². The van der Waals surface area contributed by atoms with E-state index in [4.69, 9.17) is 17.0 Å². The van der Waals surface area contributed by atoms with Crippen molar-refractivity contribution in [2.45, 2.75) is 38.3 Å². The SMILES string of the molecule is COC(=O)C1CCC2C(=O)N(CC(=O)NC(C)c3ccccc3)C(=S)NC2C1. The third-order valence-electron chi connectivity index (χ3n) is 5.50. The number of nitrogens with one attached hydrogen (secondary N) is 2. The monoisotopic (exact) mass is 403 g/mol. The van der Waals surface area contributed by atoms with Crippen LogP contribution in [-0.4, -0.2) is 47.5 Å². The molecular formula is C20H25N3O4S. The van der Waals surface area contributed by atoms with Gasteiger partial charge in [-0.05, 0) is 44.0 Å². The number of esters is 1. The molecule has 4 atom stereocenters. The van der Waals surface area contributed by atoms with Crippen LogP contribution in [0.4, 0.5) is 0 Å². The zero-order valence-electron chi connectivity index (χ0n) is 16.0. The molecule has 28 heavy (non-hydrogen) atoms. The van der Waals surface area contributed by atoms with Gasteiger partial charge in [-0.15, -0.1) is 0 Å². The van der Waals surface area contributed by atoms with Crippen molar-refractivity contribution in [3.05, 3.63) is 35.9 Å². The summed E-state index contributed by atoms with van der Waals surface area (Å²) in [7, 11) is 1.37. The first-order valence-electron chi connectivity index (χ1n) is 9.44. The smallest absolute Gasteiger partial charge is 0.308 e. The zero-order chi connectivity index (χ0) is 20.3. The molecule has 2 aliphatic rings. The van der Waals surface area contributed by atoms with Crippen LogP contribution < -0.4 is 10.6 Å². The standard InChI is InChI=1S/C20H25N3O4S/c1-12(13-6-4-3-5-7-13)21-17(24)11-23-18(25)15-9-8-14(19(26)27-2)10-16(15)22-20(23)28/h3-7,12,14-16H,8-11H2,1-2H3,(H,21,24)(H,22,28). The van der Waals surface area contributed by atoms with E-state index in [9.17, 15) is 14.4 Å². The Kier molecular flexibility index (Phi) is 6.28. The summed E-state index contributed by atoms with van der Waals surface area (Å²) in [5.74, 6) is -1.19. The minimum absolute atomic E-state index is 0.120. The molecule has 0 radical (unpaired) electrons. The van der Waals surface area contributed by atoms with Crippen molar-refractivity contribution in [3.63, 3.8) is 0 Å². The molecule has 2 fully saturated rings. The maximum atomic E-state index is 12.9. The fourth-order valence-electron chi connectivity index (χ4n) is 3.95. The third kappa shape index (κ3) is 4.32. The molecule has 1 aromatic rings. The van der Waals surface area contributed by atoms with Crippen molar-refractivity contribution in [3.8, 4) is 0 Å². The quantitative estimate of drug-likeness (QED) is 0.573. The highest BCUT2D eigenvalue weighted by atomic mass is 32.1. The topological polar surface area (TPSA) is 87.7 Å². The van der Waals surface area contributed by atoms with E-state index < -0.39 is 0 Å². The van der Waals surface area contributed by atoms with Crippen LogP contribution in [0.1, 0.15) is 37.8 Å². The fourth-order valence-corrected chi connectivity index (χ4v) is 4.25. The zero-order valence-corrected chi connectivity index (χ0v) is 16.8. The molecule has 1 heterocycles. The van der Waals surface area contributed by atoms with Gasteiger partial charge in [0.25, 0.3) is 0 Å². The molecular weight excluding hydrogens is 378 g/mol. The summed E-state index contributed by atoms with van der Waals surface area (Å²) in [6, 6.07) is 9.26. The van der Waals surface area contributed by atoms with Gasteiger partial charge in [-0.25, -0.2) is 0 Å². The first-order chi connectivity index (χ1) is 13.4. The van der Waals surface area contributed by atoms with Crippen molar-refractivity contribution in [2.75, 3.05) is 13.7 Å². The lowest BCUT2D eigenvalue weighted by Crippen LogP contribution is -2.63. The minimum Gasteiger partial charge on any atom is -0.469 e. The van der Waals surface area contributed by atoms with E-state index in [1.165, 1.54) is 12.0 Å². The van der Waals surface area contributed by atoms with Crippen LogP contribution in [0.15, 0.2) is 30.3 Å². The Labute approximate surface area is 169 Å². The van der Waals surface area contributed by atoms with Gasteiger partial charge in [0.1, 0.15) is 6.54 Å². The Morgan fingerprint density at radius 1 is 1.32 bits per heavy atom. The van der Waals surface area contributed by atoms with Crippen LogP contribution in [0.25, 0.3) is 0 Å². The number of hydrogen-bond donors (Lipinski definition) is 2. The van der Waals surface area contributed by atoms with Crippen LogP contribution in [0.5, 0.6) is 0 Å². The second-order valence-corrected chi connectivity index (χ2v) is 7.71. The molecule has 7 nitrogen and oxygen atoms in total. The second kappa shape index (κ2) is 8.68. The predicted octanol–water partition coefficient (Wildman–Crippen LogP) is 1.54. The molecule has 4 unspecified atom stereocenters. The summed E-state index contributed by atoms with van der Waals surface area (Å²) in [4.78, 5) is 38.5. The normalized spacial score (nSPS) is 25.4. The van der Waals surface area contributed by atoms with Crippen LogP contribution >= 0.6 is 12.2 Å². The Balaban J connectivity index is 1.60. The maximum absolute atomic E-state index is 12.9. The molecule has 1 aliphatic carbocycles. The van der Waals surface area contributed by atoms with Gasteiger partial charge in [-0.3, -0.25) is 19.3 Å². The Morgan fingerprint density at radius 2 is 2.04 bits per heavy atom. The van der Waals surface area contributed by atoms with Gasteiger partial charge in [0.15, 0.2) is 5.11 Å². The van der Waals surface area contributed by atoms with E-state index in [0.717, 1.165) is 5.56 Å². The molecule has 2 N–H and O–H groups in total. The van der Waals surface area contributed by atoms with Gasteiger partial charge in [-0.2, -0.15) is 0 Å². The molecule has 1 aromatic carbocycles. The van der Waals surface area contributed by atoms with Crippen LogP contribution in [0.3, 0.4) is 0 Å². The number of thiocarbonyl (C=S) groups is 1. The molecule has 8 heteroatoms. The number of hydrogen-bond acceptors (Lipinski definition) is 5. The van der Waals surface area contributed by atoms with Crippen molar-refractivity contribution in [1.29, 1.82) is 0 Å². The van der Waals surface area contributed by atoms with Crippen LogP contribution in [0.2, 0.25) is 0 Å². The van der Waals surface area contributed by atoms with Gasteiger partial charge >= 0.3 is 5.97 Å². The third-order valence-corrected chi connectivity index (χ3v) is 5.84.